The Kier molecular flexibility index (Phi) is 5.16. The van der Waals surface area contributed by atoms with Crippen LogP contribution < -0.4 is 4.90 Å². The Morgan fingerprint density at radius 1 is 1.23 bits per heavy atom. The van der Waals surface area contributed by atoms with Crippen molar-refractivity contribution in [3.8, 4) is 0 Å². The number of likely N-dealkylation sites (tertiary alicyclic amines) is 1. The lowest BCUT2D eigenvalue weighted by atomic mass is 9.89. The number of aromatic nitrogens is 2. The fourth-order valence-corrected chi connectivity index (χ4v) is 3.49. The molecule has 2 saturated heterocycles. The van der Waals surface area contributed by atoms with Crippen molar-refractivity contribution in [2.75, 3.05) is 24.5 Å². The molecule has 0 radical (unpaired) electrons. The molecule has 0 aromatic carbocycles. The Labute approximate surface area is 154 Å². The smallest absolute Gasteiger partial charge is 0.415 e. The van der Waals surface area contributed by atoms with Gasteiger partial charge in [-0.3, -0.25) is 14.7 Å². The lowest BCUT2D eigenvalue weighted by Gasteiger charge is -2.35. The van der Waals surface area contributed by atoms with E-state index in [2.05, 4.69) is 9.97 Å². The quantitative estimate of drug-likeness (QED) is 0.828. The summed E-state index contributed by atoms with van der Waals surface area (Å²) in [6.07, 6.45) is 5.74. The highest BCUT2D eigenvalue weighted by atomic mass is 16.6. The van der Waals surface area contributed by atoms with Gasteiger partial charge in [0.1, 0.15) is 6.10 Å². The van der Waals surface area contributed by atoms with Crippen molar-refractivity contribution in [1.82, 2.24) is 14.9 Å². The molecule has 2 aliphatic heterocycles. The van der Waals surface area contributed by atoms with E-state index >= 15 is 0 Å². The van der Waals surface area contributed by atoms with Crippen LogP contribution in [0.3, 0.4) is 0 Å². The second-order valence-electron chi connectivity index (χ2n) is 8.36. The van der Waals surface area contributed by atoms with Crippen LogP contribution in [0.25, 0.3) is 0 Å². The van der Waals surface area contributed by atoms with Crippen LogP contribution in [0.2, 0.25) is 0 Å². The number of piperidine rings is 1. The lowest BCUT2D eigenvalue weighted by molar-refractivity contribution is -0.140. The summed E-state index contributed by atoms with van der Waals surface area (Å²) in [5.74, 6) is 1.27. The maximum atomic E-state index is 12.4. The third kappa shape index (κ3) is 4.14. The summed E-state index contributed by atoms with van der Waals surface area (Å²) in [6.45, 7) is 9.89. The molecule has 2 amide bonds. The predicted molar refractivity (Wildman–Crippen MR) is 97.8 cm³/mol. The third-order valence-corrected chi connectivity index (χ3v) is 4.97. The van der Waals surface area contributed by atoms with E-state index in [0.29, 0.717) is 18.3 Å². The van der Waals surface area contributed by atoms with Gasteiger partial charge in [-0.1, -0.05) is 20.8 Å². The monoisotopic (exact) mass is 360 g/mol. The molecule has 1 aromatic rings. The summed E-state index contributed by atoms with van der Waals surface area (Å²) in [5.41, 5.74) is 0.609. The molecule has 1 aromatic heterocycles. The van der Waals surface area contributed by atoms with Crippen molar-refractivity contribution < 1.29 is 14.3 Å². The van der Waals surface area contributed by atoms with Crippen LogP contribution in [0.5, 0.6) is 0 Å². The number of ether oxygens (including phenoxy) is 1. The van der Waals surface area contributed by atoms with Gasteiger partial charge in [0, 0.05) is 18.5 Å². The molecular formula is C19H28N4O3. The first-order valence-corrected chi connectivity index (χ1v) is 9.32. The minimum atomic E-state index is -0.365. The maximum absolute atomic E-state index is 12.4. The van der Waals surface area contributed by atoms with Crippen LogP contribution in [-0.2, 0) is 16.0 Å². The number of cyclic esters (lactones) is 1. The van der Waals surface area contributed by atoms with Crippen molar-refractivity contribution in [3.05, 3.63) is 18.1 Å². The summed E-state index contributed by atoms with van der Waals surface area (Å²) in [7, 11) is 0. The normalized spacial score (nSPS) is 21.8. The van der Waals surface area contributed by atoms with Crippen LogP contribution in [0.4, 0.5) is 10.6 Å². The zero-order chi connectivity index (χ0) is 18.9. The van der Waals surface area contributed by atoms with Gasteiger partial charge < -0.3 is 9.64 Å². The number of carbonyl (C=O) groups excluding carboxylic acids is 2. The Bertz CT molecular complexity index is 660. The molecule has 7 nitrogen and oxygen atoms in total. The highest BCUT2D eigenvalue weighted by Gasteiger charge is 2.31. The van der Waals surface area contributed by atoms with E-state index in [1.807, 2.05) is 32.6 Å². The van der Waals surface area contributed by atoms with E-state index in [1.54, 1.807) is 12.4 Å². The molecule has 0 bridgehead atoms. The van der Waals surface area contributed by atoms with E-state index in [4.69, 9.17) is 4.74 Å². The van der Waals surface area contributed by atoms with Crippen LogP contribution in [0.1, 0.15) is 46.2 Å². The predicted octanol–water partition coefficient (Wildman–Crippen LogP) is 2.65. The Morgan fingerprint density at radius 3 is 2.42 bits per heavy atom. The van der Waals surface area contributed by atoms with Gasteiger partial charge in [0.15, 0.2) is 5.82 Å². The molecule has 2 aliphatic rings. The zero-order valence-corrected chi connectivity index (χ0v) is 16.1. The summed E-state index contributed by atoms with van der Waals surface area (Å²) < 4.78 is 5.12. The topological polar surface area (TPSA) is 75.6 Å². The number of hydrogen-bond acceptors (Lipinski definition) is 5. The number of nitrogens with zero attached hydrogens (tertiary/aromatic N) is 4. The van der Waals surface area contributed by atoms with Crippen molar-refractivity contribution >= 4 is 17.8 Å². The van der Waals surface area contributed by atoms with E-state index in [0.717, 1.165) is 38.0 Å². The van der Waals surface area contributed by atoms with Gasteiger partial charge in [0.25, 0.3) is 0 Å². The fraction of sp³-hybridized carbons (Fsp3) is 0.684. The van der Waals surface area contributed by atoms with Crippen LogP contribution in [0.15, 0.2) is 12.4 Å². The average Bonchev–Trinajstić information content (AvgIpc) is 2.93. The zero-order valence-electron chi connectivity index (χ0n) is 16.1. The first kappa shape index (κ1) is 18.6. The molecule has 3 heterocycles. The lowest BCUT2D eigenvalue weighted by Crippen LogP contribution is -2.44. The van der Waals surface area contributed by atoms with Crippen LogP contribution >= 0.6 is 0 Å². The van der Waals surface area contributed by atoms with Crippen molar-refractivity contribution in [2.45, 2.75) is 53.1 Å². The molecule has 0 spiro atoms. The minimum Gasteiger partial charge on any atom is -0.444 e. The largest absolute Gasteiger partial charge is 0.444 e. The molecule has 0 saturated carbocycles. The third-order valence-electron chi connectivity index (χ3n) is 4.97. The van der Waals surface area contributed by atoms with Crippen LogP contribution in [-0.4, -0.2) is 52.6 Å². The first-order valence-electron chi connectivity index (χ1n) is 9.32. The molecular weight excluding hydrogens is 332 g/mol. The maximum Gasteiger partial charge on any atom is 0.415 e. The summed E-state index contributed by atoms with van der Waals surface area (Å²) in [4.78, 5) is 36.5. The first-order chi connectivity index (χ1) is 12.2. The van der Waals surface area contributed by atoms with Gasteiger partial charge in [-0.25, -0.2) is 9.78 Å². The number of hydrogen-bond donors (Lipinski definition) is 0. The van der Waals surface area contributed by atoms with Crippen LogP contribution in [0, 0.1) is 11.3 Å². The molecule has 26 heavy (non-hydrogen) atoms. The minimum absolute atomic E-state index is 0.120. The summed E-state index contributed by atoms with van der Waals surface area (Å²) in [6, 6.07) is 0. The van der Waals surface area contributed by atoms with E-state index in [1.165, 1.54) is 4.90 Å². The highest BCUT2D eigenvalue weighted by Crippen LogP contribution is 2.26. The molecule has 7 heteroatoms. The Morgan fingerprint density at radius 2 is 1.92 bits per heavy atom. The highest BCUT2D eigenvalue weighted by molar-refractivity contribution is 5.88. The van der Waals surface area contributed by atoms with E-state index in [-0.39, 0.29) is 23.5 Å². The van der Waals surface area contributed by atoms with Crippen molar-refractivity contribution in [2.24, 2.45) is 11.3 Å². The molecule has 1 unspecified atom stereocenters. The van der Waals surface area contributed by atoms with Gasteiger partial charge in [0.05, 0.1) is 24.6 Å². The number of anilines is 1. The molecule has 0 N–H and O–H groups in total. The number of rotatable bonds is 3. The Balaban J connectivity index is 1.53. The second kappa shape index (κ2) is 7.21. The van der Waals surface area contributed by atoms with Crippen molar-refractivity contribution in [3.63, 3.8) is 0 Å². The number of amides is 2. The summed E-state index contributed by atoms with van der Waals surface area (Å²) in [5, 5.41) is 0. The van der Waals surface area contributed by atoms with E-state index < -0.39 is 0 Å². The van der Waals surface area contributed by atoms with Gasteiger partial charge in [0.2, 0.25) is 5.91 Å². The Hall–Kier alpha value is -2.18. The van der Waals surface area contributed by atoms with Gasteiger partial charge >= 0.3 is 6.09 Å². The number of carbonyl (C=O) groups is 2. The summed E-state index contributed by atoms with van der Waals surface area (Å²) >= 11 is 0. The average molecular weight is 360 g/mol. The standard InChI is InChI=1S/C19H28N4O3/c1-13-12-23(18(25)26-13)16-11-20-15(10-21-16)9-14-5-7-22(8-6-14)17(24)19(2,3)4/h10-11,13-14H,5-9,12H2,1-4H3. The molecule has 0 aliphatic carbocycles. The van der Waals surface area contributed by atoms with Gasteiger partial charge in [-0.15, -0.1) is 0 Å². The van der Waals surface area contributed by atoms with Gasteiger partial charge in [-0.2, -0.15) is 0 Å². The molecule has 142 valence electrons. The van der Waals surface area contributed by atoms with E-state index in [9.17, 15) is 9.59 Å². The molecule has 2 fully saturated rings. The molecule has 1 atom stereocenters. The SMILES string of the molecule is CC1CN(c2cnc(CC3CCN(C(=O)C(C)(C)C)CC3)cn2)C(=O)O1. The fourth-order valence-electron chi connectivity index (χ4n) is 3.49. The second-order valence-corrected chi connectivity index (χ2v) is 8.36. The van der Waals surface area contributed by atoms with Gasteiger partial charge in [-0.05, 0) is 32.1 Å². The van der Waals surface area contributed by atoms with Crippen molar-refractivity contribution in [1.29, 1.82) is 0 Å². The molecule has 3 rings (SSSR count).